The number of hydrogen-bond donors (Lipinski definition) is 2. The van der Waals surface area contributed by atoms with Crippen molar-refractivity contribution in [3.05, 3.63) is 0 Å². The van der Waals surface area contributed by atoms with E-state index in [-0.39, 0.29) is 46.3 Å². The fraction of sp³-hybridized carbons (Fsp3) is 0.972. The van der Waals surface area contributed by atoms with Gasteiger partial charge in [-0.3, -0.25) is 9.69 Å². The number of Topliss-reactive ketones (excluding diaryl/α,β-unsaturated/α-hetero) is 1. The number of carbonyl (C=O) groups excluding carboxylic acids is 1. The van der Waals surface area contributed by atoms with Gasteiger partial charge < -0.3 is 24.4 Å². The Morgan fingerprint density at radius 1 is 1.05 bits per heavy atom. The van der Waals surface area contributed by atoms with Crippen molar-refractivity contribution >= 4 is 5.78 Å². The summed E-state index contributed by atoms with van der Waals surface area (Å²) in [4.78, 5) is 16.5. The second kappa shape index (κ2) is 10.5. The Balaban J connectivity index is 1.07. The molecule has 2 spiro atoms. The molecule has 0 aromatic carbocycles. The number of ketones is 1. The molecule has 244 valence electrons. The molecule has 2 saturated heterocycles. The zero-order valence-corrected chi connectivity index (χ0v) is 27.8. The fourth-order valence-electron chi connectivity index (χ4n) is 12.9. The molecule has 7 aliphatic rings. The van der Waals surface area contributed by atoms with Crippen LogP contribution in [0.4, 0.5) is 0 Å². The van der Waals surface area contributed by atoms with Gasteiger partial charge in [0.15, 0.2) is 12.1 Å². The van der Waals surface area contributed by atoms with Crippen LogP contribution in [0.3, 0.4) is 0 Å². The Morgan fingerprint density at radius 3 is 2.51 bits per heavy atom. The second-order valence-electron chi connectivity index (χ2n) is 17.5. The van der Waals surface area contributed by atoms with Gasteiger partial charge in [-0.25, -0.2) is 0 Å². The first-order valence-corrected chi connectivity index (χ1v) is 17.8. The SMILES string of the molecule is CC1C23CCC4(C)C(CCCCC(C)(C)O)C(O)C(=O)C4C2CCC2C(C)(C)C(OC4CN(C5COC5)CCO4)CCC213. The molecule has 7 heteroatoms. The van der Waals surface area contributed by atoms with Crippen molar-refractivity contribution in [3.8, 4) is 0 Å². The number of morpholine rings is 1. The summed E-state index contributed by atoms with van der Waals surface area (Å²) >= 11 is 0. The summed E-state index contributed by atoms with van der Waals surface area (Å²) in [7, 11) is 0. The average Bonchev–Trinajstić information content (AvgIpc) is 3.37. The lowest BCUT2D eigenvalue weighted by molar-refractivity contribution is -0.253. The van der Waals surface area contributed by atoms with E-state index < -0.39 is 11.7 Å². The Hall–Kier alpha value is -0.570. The first-order valence-electron chi connectivity index (χ1n) is 17.8. The molecule has 0 amide bonds. The Morgan fingerprint density at radius 2 is 1.81 bits per heavy atom. The van der Waals surface area contributed by atoms with E-state index in [4.69, 9.17) is 14.2 Å². The molecule has 11 atom stereocenters. The zero-order chi connectivity index (χ0) is 30.6. The summed E-state index contributed by atoms with van der Waals surface area (Å²) in [5.41, 5.74) is -0.191. The topological polar surface area (TPSA) is 88.5 Å². The highest BCUT2D eigenvalue weighted by Gasteiger charge is 2.85. The van der Waals surface area contributed by atoms with Crippen LogP contribution < -0.4 is 0 Å². The van der Waals surface area contributed by atoms with Gasteiger partial charge in [-0.05, 0) is 111 Å². The van der Waals surface area contributed by atoms with E-state index in [1.165, 1.54) is 12.8 Å². The lowest BCUT2D eigenvalue weighted by Crippen LogP contribution is -2.58. The van der Waals surface area contributed by atoms with Gasteiger partial charge in [0.1, 0.15) is 6.10 Å². The largest absolute Gasteiger partial charge is 0.390 e. The van der Waals surface area contributed by atoms with Gasteiger partial charge in [0.2, 0.25) is 0 Å². The fourth-order valence-corrected chi connectivity index (χ4v) is 12.9. The van der Waals surface area contributed by atoms with E-state index in [0.717, 1.165) is 84.3 Å². The summed E-state index contributed by atoms with van der Waals surface area (Å²) in [5.74, 6) is 1.81. The van der Waals surface area contributed by atoms with E-state index in [9.17, 15) is 15.0 Å². The van der Waals surface area contributed by atoms with Crippen LogP contribution >= 0.6 is 0 Å². The number of unbranched alkanes of at least 4 members (excludes halogenated alkanes) is 1. The van der Waals surface area contributed by atoms with Crippen molar-refractivity contribution in [2.24, 2.45) is 51.2 Å². The number of carbonyl (C=O) groups is 1. The third-order valence-corrected chi connectivity index (χ3v) is 15.0. The average molecular weight is 602 g/mol. The van der Waals surface area contributed by atoms with Crippen LogP contribution in [-0.2, 0) is 19.0 Å². The third-order valence-electron chi connectivity index (χ3n) is 15.0. The maximum absolute atomic E-state index is 14.0. The van der Waals surface area contributed by atoms with Crippen LogP contribution in [-0.4, -0.2) is 83.9 Å². The molecule has 7 nitrogen and oxygen atoms in total. The Kier molecular flexibility index (Phi) is 7.56. The summed E-state index contributed by atoms with van der Waals surface area (Å²) in [5, 5.41) is 21.6. The molecule has 7 rings (SSSR count). The zero-order valence-electron chi connectivity index (χ0n) is 27.8. The lowest BCUT2D eigenvalue weighted by atomic mass is 9.46. The van der Waals surface area contributed by atoms with Crippen LogP contribution in [0, 0.1) is 51.2 Å². The summed E-state index contributed by atoms with van der Waals surface area (Å²) in [6, 6.07) is 0.515. The number of ether oxygens (including phenoxy) is 3. The van der Waals surface area contributed by atoms with Crippen molar-refractivity contribution < 1.29 is 29.2 Å². The maximum atomic E-state index is 14.0. The van der Waals surface area contributed by atoms with Crippen LogP contribution in [0.25, 0.3) is 0 Å². The number of aliphatic hydroxyl groups is 2. The van der Waals surface area contributed by atoms with Gasteiger partial charge in [-0.2, -0.15) is 0 Å². The second-order valence-corrected chi connectivity index (χ2v) is 17.5. The molecule has 2 heterocycles. The van der Waals surface area contributed by atoms with Crippen molar-refractivity contribution in [1.29, 1.82) is 0 Å². The molecule has 7 fully saturated rings. The first-order chi connectivity index (χ1) is 20.3. The smallest absolute Gasteiger partial charge is 0.170 e. The Labute approximate surface area is 259 Å². The van der Waals surface area contributed by atoms with Crippen molar-refractivity contribution in [1.82, 2.24) is 4.90 Å². The number of aliphatic hydroxyl groups excluding tert-OH is 1. The van der Waals surface area contributed by atoms with Gasteiger partial charge in [-0.15, -0.1) is 0 Å². The molecule has 0 bridgehead atoms. The standard InChI is InChI=1S/C36H59NO6/c1-22-35-16-15-34(6)25(9-7-8-13-32(2,3)40)30(38)31(39)29(34)24(35)10-11-26-33(4,5)27(12-14-36(22,26)35)43-28-19-37(17-18-42-28)23-20-41-21-23/h22-30,38,40H,7-21H2,1-6H3. The van der Waals surface area contributed by atoms with Crippen molar-refractivity contribution in [3.63, 3.8) is 0 Å². The molecule has 2 aliphatic heterocycles. The van der Waals surface area contributed by atoms with Crippen LogP contribution in [0.5, 0.6) is 0 Å². The number of rotatable bonds is 8. The maximum Gasteiger partial charge on any atom is 0.170 e. The molecule has 0 aromatic heterocycles. The molecule has 0 radical (unpaired) electrons. The number of nitrogens with zero attached hydrogens (tertiary/aromatic N) is 1. The molecular weight excluding hydrogens is 542 g/mol. The van der Waals surface area contributed by atoms with Crippen LogP contribution in [0.2, 0.25) is 0 Å². The van der Waals surface area contributed by atoms with Crippen molar-refractivity contribution in [2.75, 3.05) is 32.9 Å². The predicted octanol–water partition coefficient (Wildman–Crippen LogP) is 5.20. The summed E-state index contributed by atoms with van der Waals surface area (Å²) < 4.78 is 18.5. The molecular formula is C36H59NO6. The van der Waals surface area contributed by atoms with Crippen LogP contribution in [0.1, 0.15) is 106 Å². The number of hydrogen-bond acceptors (Lipinski definition) is 7. The normalized spacial score (nSPS) is 49.4. The Bertz CT molecular complexity index is 1080. The molecule has 43 heavy (non-hydrogen) atoms. The molecule has 0 aromatic rings. The molecule has 5 saturated carbocycles. The van der Waals surface area contributed by atoms with E-state index in [0.29, 0.717) is 29.2 Å². The van der Waals surface area contributed by atoms with Gasteiger partial charge in [0, 0.05) is 12.5 Å². The lowest BCUT2D eigenvalue weighted by Gasteiger charge is -2.59. The van der Waals surface area contributed by atoms with Crippen LogP contribution in [0.15, 0.2) is 0 Å². The predicted molar refractivity (Wildman–Crippen MR) is 164 cm³/mol. The van der Waals surface area contributed by atoms with Gasteiger partial charge in [-0.1, -0.05) is 40.5 Å². The van der Waals surface area contributed by atoms with E-state index in [1.54, 1.807) is 0 Å². The van der Waals surface area contributed by atoms with E-state index in [2.05, 4.69) is 32.6 Å². The van der Waals surface area contributed by atoms with E-state index in [1.807, 2.05) is 13.8 Å². The quantitative estimate of drug-likeness (QED) is 0.370. The minimum Gasteiger partial charge on any atom is -0.390 e. The molecule has 2 N–H and O–H groups in total. The minimum absolute atomic E-state index is 0.00694. The first kappa shape index (κ1) is 31.1. The minimum atomic E-state index is -0.822. The molecule has 5 aliphatic carbocycles. The van der Waals surface area contributed by atoms with Gasteiger partial charge >= 0.3 is 0 Å². The van der Waals surface area contributed by atoms with Gasteiger partial charge in [0.05, 0.1) is 44.1 Å². The summed E-state index contributed by atoms with van der Waals surface area (Å²) in [6.45, 7) is 17.7. The van der Waals surface area contributed by atoms with E-state index >= 15 is 0 Å². The monoisotopic (exact) mass is 601 g/mol. The van der Waals surface area contributed by atoms with Gasteiger partial charge in [0.25, 0.3) is 0 Å². The third kappa shape index (κ3) is 4.44. The highest BCUT2D eigenvalue weighted by Crippen LogP contribution is 2.89. The summed E-state index contributed by atoms with van der Waals surface area (Å²) in [6.07, 6.45) is 9.53. The molecule has 11 unspecified atom stereocenters. The highest BCUT2D eigenvalue weighted by molar-refractivity contribution is 5.89. The highest BCUT2D eigenvalue weighted by atomic mass is 16.7. The van der Waals surface area contributed by atoms with Crippen molar-refractivity contribution in [2.45, 2.75) is 136 Å². The number of fused-ring (bicyclic) bond motifs is 2.